The Balaban J connectivity index is 4.15. The summed E-state index contributed by atoms with van der Waals surface area (Å²) in [6, 6.07) is -0.140. The molecule has 110 valence electrons. The molecule has 0 radical (unpaired) electrons. The molecule has 0 saturated heterocycles. The summed E-state index contributed by atoms with van der Waals surface area (Å²) in [6.07, 6.45) is 1.55. The SMILES string of the molecule is CCOCC(NS(=O)(=O)CCCCNC)C(C)C. The fourth-order valence-corrected chi connectivity index (χ4v) is 2.99. The predicted octanol–water partition coefficient (Wildman–Crippen LogP) is 0.967. The molecule has 0 spiro atoms. The van der Waals surface area contributed by atoms with Crippen molar-refractivity contribution in [2.75, 3.05) is 32.6 Å². The Morgan fingerprint density at radius 3 is 2.39 bits per heavy atom. The summed E-state index contributed by atoms with van der Waals surface area (Å²) >= 11 is 0. The van der Waals surface area contributed by atoms with Crippen LogP contribution in [-0.2, 0) is 14.8 Å². The Labute approximate surface area is 112 Å². The molecule has 6 heteroatoms. The van der Waals surface area contributed by atoms with Crippen LogP contribution in [0.5, 0.6) is 0 Å². The third-order valence-corrected chi connectivity index (χ3v) is 4.22. The van der Waals surface area contributed by atoms with Gasteiger partial charge in [0.25, 0.3) is 0 Å². The van der Waals surface area contributed by atoms with Gasteiger partial charge in [-0.3, -0.25) is 0 Å². The third-order valence-electron chi connectivity index (χ3n) is 2.73. The summed E-state index contributed by atoms with van der Waals surface area (Å²) in [4.78, 5) is 0. The molecule has 1 atom stereocenters. The number of rotatable bonds is 11. The zero-order valence-electron chi connectivity index (χ0n) is 12.0. The van der Waals surface area contributed by atoms with Crippen LogP contribution in [0, 0.1) is 5.92 Å². The van der Waals surface area contributed by atoms with E-state index in [2.05, 4.69) is 10.0 Å². The fraction of sp³-hybridized carbons (Fsp3) is 1.00. The van der Waals surface area contributed by atoms with E-state index in [9.17, 15) is 8.42 Å². The normalized spacial score (nSPS) is 14.1. The second kappa shape index (κ2) is 9.72. The van der Waals surface area contributed by atoms with E-state index in [0.717, 1.165) is 13.0 Å². The molecule has 0 bridgehead atoms. The van der Waals surface area contributed by atoms with Crippen molar-refractivity contribution in [3.05, 3.63) is 0 Å². The molecule has 0 aliphatic carbocycles. The zero-order chi connectivity index (χ0) is 14.0. The van der Waals surface area contributed by atoms with Gasteiger partial charge in [0.2, 0.25) is 10.0 Å². The van der Waals surface area contributed by atoms with Crippen molar-refractivity contribution in [1.29, 1.82) is 0 Å². The highest BCUT2D eigenvalue weighted by Gasteiger charge is 2.20. The molecule has 0 saturated carbocycles. The first-order valence-electron chi connectivity index (χ1n) is 6.65. The standard InChI is InChI=1S/C12H28N2O3S/c1-5-17-10-12(11(2)3)14-18(15,16)9-7-6-8-13-4/h11-14H,5-10H2,1-4H3. The number of unbranched alkanes of at least 4 members (excludes halogenated alkanes) is 1. The van der Waals surface area contributed by atoms with Crippen LogP contribution < -0.4 is 10.0 Å². The number of sulfonamides is 1. The highest BCUT2D eigenvalue weighted by molar-refractivity contribution is 7.89. The molecule has 5 nitrogen and oxygen atoms in total. The third kappa shape index (κ3) is 8.85. The molecule has 2 N–H and O–H groups in total. The number of nitrogens with one attached hydrogen (secondary N) is 2. The van der Waals surface area contributed by atoms with E-state index in [4.69, 9.17) is 4.74 Å². The van der Waals surface area contributed by atoms with Gasteiger partial charge in [-0.25, -0.2) is 13.1 Å². The number of hydrogen-bond acceptors (Lipinski definition) is 4. The van der Waals surface area contributed by atoms with E-state index < -0.39 is 10.0 Å². The molecule has 0 fully saturated rings. The summed E-state index contributed by atoms with van der Waals surface area (Å²) < 4.78 is 31.8. The molecule has 0 aromatic rings. The molecule has 18 heavy (non-hydrogen) atoms. The maximum atomic E-state index is 11.9. The second-order valence-corrected chi connectivity index (χ2v) is 6.63. The van der Waals surface area contributed by atoms with Crippen LogP contribution in [0.4, 0.5) is 0 Å². The van der Waals surface area contributed by atoms with Crippen LogP contribution in [0.15, 0.2) is 0 Å². The van der Waals surface area contributed by atoms with Gasteiger partial charge in [0, 0.05) is 12.6 Å². The van der Waals surface area contributed by atoms with E-state index >= 15 is 0 Å². The lowest BCUT2D eigenvalue weighted by atomic mass is 10.1. The molecule has 0 rings (SSSR count). The first-order chi connectivity index (χ1) is 8.43. The lowest BCUT2D eigenvalue weighted by Crippen LogP contribution is -2.42. The smallest absolute Gasteiger partial charge is 0.211 e. The molecule has 1 unspecified atom stereocenters. The van der Waals surface area contributed by atoms with Crippen molar-refractivity contribution in [1.82, 2.24) is 10.0 Å². The molecule has 0 aromatic heterocycles. The van der Waals surface area contributed by atoms with Crippen LogP contribution in [-0.4, -0.2) is 47.0 Å². The summed E-state index contributed by atoms with van der Waals surface area (Å²) in [5.74, 6) is 0.410. The van der Waals surface area contributed by atoms with Crippen LogP contribution >= 0.6 is 0 Å². The lowest BCUT2D eigenvalue weighted by Gasteiger charge is -2.22. The quantitative estimate of drug-likeness (QED) is 0.553. The topological polar surface area (TPSA) is 67.4 Å². The molecule has 0 amide bonds. The average molecular weight is 280 g/mol. The first-order valence-corrected chi connectivity index (χ1v) is 8.30. The summed E-state index contributed by atoms with van der Waals surface area (Å²) in [7, 11) is -1.33. The van der Waals surface area contributed by atoms with Crippen molar-refractivity contribution in [3.8, 4) is 0 Å². The lowest BCUT2D eigenvalue weighted by molar-refractivity contribution is 0.116. The summed E-state index contributed by atoms with van der Waals surface area (Å²) in [6.45, 7) is 7.78. The second-order valence-electron chi connectivity index (χ2n) is 4.76. The van der Waals surface area contributed by atoms with Crippen molar-refractivity contribution in [2.24, 2.45) is 5.92 Å². The molecule has 0 heterocycles. The first kappa shape index (κ1) is 17.8. The van der Waals surface area contributed by atoms with Crippen LogP contribution in [0.2, 0.25) is 0 Å². The molecular weight excluding hydrogens is 252 g/mol. The van der Waals surface area contributed by atoms with Gasteiger partial charge < -0.3 is 10.1 Å². The van der Waals surface area contributed by atoms with E-state index in [0.29, 0.717) is 19.6 Å². The largest absolute Gasteiger partial charge is 0.380 e. The average Bonchev–Trinajstić information content (AvgIpc) is 2.30. The summed E-state index contributed by atoms with van der Waals surface area (Å²) in [5.41, 5.74) is 0. The van der Waals surface area contributed by atoms with Gasteiger partial charge in [-0.15, -0.1) is 0 Å². The summed E-state index contributed by atoms with van der Waals surface area (Å²) in [5, 5.41) is 3.01. The molecule has 0 aliphatic rings. The zero-order valence-corrected chi connectivity index (χ0v) is 12.8. The van der Waals surface area contributed by atoms with Gasteiger partial charge in [0.15, 0.2) is 0 Å². The Hall–Kier alpha value is -0.170. The minimum Gasteiger partial charge on any atom is -0.380 e. The van der Waals surface area contributed by atoms with Crippen LogP contribution in [0.1, 0.15) is 33.6 Å². The van der Waals surface area contributed by atoms with Crippen LogP contribution in [0.3, 0.4) is 0 Å². The highest BCUT2D eigenvalue weighted by atomic mass is 32.2. The van der Waals surface area contributed by atoms with Gasteiger partial charge >= 0.3 is 0 Å². The monoisotopic (exact) mass is 280 g/mol. The van der Waals surface area contributed by atoms with Gasteiger partial charge in [-0.2, -0.15) is 0 Å². The van der Waals surface area contributed by atoms with E-state index in [1.807, 2.05) is 27.8 Å². The Bertz CT molecular complexity index is 292. The maximum Gasteiger partial charge on any atom is 0.211 e. The number of hydrogen-bond donors (Lipinski definition) is 2. The van der Waals surface area contributed by atoms with Crippen molar-refractivity contribution in [3.63, 3.8) is 0 Å². The highest BCUT2D eigenvalue weighted by Crippen LogP contribution is 2.05. The fourth-order valence-electron chi connectivity index (χ4n) is 1.49. The van der Waals surface area contributed by atoms with Crippen molar-refractivity contribution < 1.29 is 13.2 Å². The van der Waals surface area contributed by atoms with Crippen molar-refractivity contribution >= 4 is 10.0 Å². The molecule has 0 aromatic carbocycles. The Morgan fingerprint density at radius 1 is 1.22 bits per heavy atom. The minimum absolute atomic E-state index is 0.140. The van der Waals surface area contributed by atoms with Gasteiger partial charge in [-0.1, -0.05) is 13.8 Å². The van der Waals surface area contributed by atoms with Gasteiger partial charge in [0.05, 0.1) is 12.4 Å². The predicted molar refractivity (Wildman–Crippen MR) is 75.2 cm³/mol. The van der Waals surface area contributed by atoms with E-state index in [1.165, 1.54) is 0 Å². The molecule has 0 aliphatic heterocycles. The minimum atomic E-state index is -3.19. The van der Waals surface area contributed by atoms with E-state index in [1.54, 1.807) is 0 Å². The van der Waals surface area contributed by atoms with Crippen LogP contribution in [0.25, 0.3) is 0 Å². The van der Waals surface area contributed by atoms with Crippen molar-refractivity contribution in [2.45, 2.75) is 39.7 Å². The van der Waals surface area contributed by atoms with Gasteiger partial charge in [-0.05, 0) is 39.3 Å². The van der Waals surface area contributed by atoms with E-state index in [-0.39, 0.29) is 17.7 Å². The van der Waals surface area contributed by atoms with Gasteiger partial charge in [0.1, 0.15) is 0 Å². The number of ether oxygens (including phenoxy) is 1. The Morgan fingerprint density at radius 2 is 1.89 bits per heavy atom. The maximum absolute atomic E-state index is 11.9. The Kier molecular flexibility index (Phi) is 9.63. The molecular formula is C12H28N2O3S.